The van der Waals surface area contributed by atoms with Gasteiger partial charge in [0.25, 0.3) is 0 Å². The molecule has 128 valence electrons. The average Bonchev–Trinajstić information content (AvgIpc) is 3.17. The van der Waals surface area contributed by atoms with Gasteiger partial charge < -0.3 is 15.5 Å². The van der Waals surface area contributed by atoms with Gasteiger partial charge in [0.05, 0.1) is 27.6 Å². The number of hydrogen-bond donors (Lipinski definition) is 2. The number of benzene rings is 1. The van der Waals surface area contributed by atoms with E-state index in [1.54, 1.807) is 13.0 Å². The highest BCUT2D eigenvalue weighted by molar-refractivity contribution is 7.13. The van der Waals surface area contributed by atoms with Gasteiger partial charge in [-0.05, 0) is 36.6 Å². The van der Waals surface area contributed by atoms with Crippen LogP contribution in [0.15, 0.2) is 40.1 Å². The van der Waals surface area contributed by atoms with Gasteiger partial charge in [0.2, 0.25) is 17.7 Å². The fourth-order valence-corrected chi connectivity index (χ4v) is 3.17. The van der Waals surface area contributed by atoms with E-state index in [1.807, 2.05) is 17.5 Å². The van der Waals surface area contributed by atoms with E-state index in [9.17, 15) is 9.59 Å². The van der Waals surface area contributed by atoms with Gasteiger partial charge in [-0.25, -0.2) is 4.98 Å². The first-order valence-corrected chi connectivity index (χ1v) is 8.59. The van der Waals surface area contributed by atoms with Gasteiger partial charge >= 0.3 is 0 Å². The van der Waals surface area contributed by atoms with Crippen molar-refractivity contribution in [3.8, 4) is 10.8 Å². The number of aryl methyl sites for hydroxylation is 1. The summed E-state index contributed by atoms with van der Waals surface area (Å²) in [6, 6.07) is 8.33. The van der Waals surface area contributed by atoms with Crippen LogP contribution in [0, 0.1) is 6.92 Å². The standard InChI is InChI=1S/C17H14ClN3O3S/c1-9-13(21-17(24-9)14-3-2-6-25-14)8-15(22)20-10-4-5-11(16(19)23)12(18)7-10/h2-7H,8H2,1H3,(H2,19,23)(H,20,22). The summed E-state index contributed by atoms with van der Waals surface area (Å²) in [6.45, 7) is 1.77. The lowest BCUT2D eigenvalue weighted by molar-refractivity contribution is -0.115. The van der Waals surface area contributed by atoms with E-state index in [2.05, 4.69) is 10.3 Å². The number of nitrogens with one attached hydrogen (secondary N) is 1. The Balaban J connectivity index is 1.71. The Kier molecular flexibility index (Phi) is 4.87. The van der Waals surface area contributed by atoms with Crippen LogP contribution in [0.25, 0.3) is 10.8 Å². The van der Waals surface area contributed by atoms with Crippen LogP contribution in [0.3, 0.4) is 0 Å². The normalized spacial score (nSPS) is 10.6. The SMILES string of the molecule is Cc1oc(-c2cccs2)nc1CC(=O)Nc1ccc(C(N)=O)c(Cl)c1. The van der Waals surface area contributed by atoms with Crippen molar-refractivity contribution in [3.63, 3.8) is 0 Å². The number of carbonyl (C=O) groups excluding carboxylic acids is 2. The van der Waals surface area contributed by atoms with Crippen LogP contribution >= 0.6 is 22.9 Å². The van der Waals surface area contributed by atoms with Crippen molar-refractivity contribution in [3.05, 3.63) is 57.8 Å². The monoisotopic (exact) mass is 375 g/mol. The van der Waals surface area contributed by atoms with Crippen LogP contribution in [0.5, 0.6) is 0 Å². The minimum absolute atomic E-state index is 0.0654. The highest BCUT2D eigenvalue weighted by Gasteiger charge is 2.16. The van der Waals surface area contributed by atoms with Crippen molar-refractivity contribution in [1.29, 1.82) is 0 Å². The molecule has 6 nitrogen and oxygen atoms in total. The van der Waals surface area contributed by atoms with Gasteiger partial charge in [0, 0.05) is 5.69 Å². The molecule has 0 aliphatic rings. The second-order valence-electron chi connectivity index (χ2n) is 5.28. The Hall–Kier alpha value is -2.64. The Morgan fingerprint density at radius 3 is 2.80 bits per heavy atom. The summed E-state index contributed by atoms with van der Waals surface area (Å²) in [6.07, 6.45) is 0.0654. The van der Waals surface area contributed by atoms with Crippen molar-refractivity contribution < 1.29 is 14.0 Å². The van der Waals surface area contributed by atoms with Crippen molar-refractivity contribution >= 4 is 40.4 Å². The molecule has 0 bridgehead atoms. The van der Waals surface area contributed by atoms with Crippen molar-refractivity contribution in [2.45, 2.75) is 13.3 Å². The molecule has 0 unspecified atom stereocenters. The van der Waals surface area contributed by atoms with Crippen LogP contribution in [0.4, 0.5) is 5.69 Å². The largest absolute Gasteiger partial charge is 0.440 e. The fourth-order valence-electron chi connectivity index (χ4n) is 2.25. The summed E-state index contributed by atoms with van der Waals surface area (Å²) >= 11 is 7.49. The number of aromatic nitrogens is 1. The number of halogens is 1. The molecule has 0 saturated heterocycles. The predicted molar refractivity (Wildman–Crippen MR) is 96.9 cm³/mol. The number of rotatable bonds is 5. The van der Waals surface area contributed by atoms with E-state index in [1.165, 1.54) is 23.5 Å². The molecule has 0 atom stereocenters. The van der Waals surface area contributed by atoms with E-state index in [4.69, 9.17) is 21.8 Å². The van der Waals surface area contributed by atoms with Crippen molar-refractivity contribution in [2.24, 2.45) is 5.73 Å². The topological polar surface area (TPSA) is 98.2 Å². The number of nitrogens with zero attached hydrogens (tertiary/aromatic N) is 1. The van der Waals surface area contributed by atoms with Crippen LogP contribution in [0.2, 0.25) is 5.02 Å². The number of carbonyl (C=O) groups is 2. The molecule has 0 fully saturated rings. The fraction of sp³-hybridized carbons (Fsp3) is 0.118. The number of nitrogens with two attached hydrogens (primary N) is 1. The Bertz CT molecular complexity index is 935. The molecule has 3 N–H and O–H groups in total. The van der Waals surface area contributed by atoms with Crippen LogP contribution < -0.4 is 11.1 Å². The maximum absolute atomic E-state index is 12.2. The Morgan fingerprint density at radius 2 is 2.16 bits per heavy atom. The van der Waals surface area contributed by atoms with Gasteiger partial charge in [-0.3, -0.25) is 9.59 Å². The van der Waals surface area contributed by atoms with E-state index in [0.29, 0.717) is 23.0 Å². The first kappa shape index (κ1) is 17.2. The smallest absolute Gasteiger partial charge is 0.250 e. The zero-order valence-corrected chi connectivity index (χ0v) is 14.8. The number of amides is 2. The molecule has 0 radical (unpaired) electrons. The second-order valence-corrected chi connectivity index (χ2v) is 6.64. The molecule has 0 aliphatic heterocycles. The number of anilines is 1. The second kappa shape index (κ2) is 7.08. The number of primary amides is 1. The number of hydrogen-bond acceptors (Lipinski definition) is 5. The minimum Gasteiger partial charge on any atom is -0.440 e. The molecule has 2 heterocycles. The third-order valence-electron chi connectivity index (χ3n) is 3.47. The third-order valence-corrected chi connectivity index (χ3v) is 4.64. The lowest BCUT2D eigenvalue weighted by atomic mass is 10.2. The van der Waals surface area contributed by atoms with Gasteiger partial charge in [-0.15, -0.1) is 11.3 Å². The van der Waals surface area contributed by atoms with Gasteiger partial charge in [-0.1, -0.05) is 17.7 Å². The molecular weight excluding hydrogens is 362 g/mol. The van der Waals surface area contributed by atoms with E-state index in [0.717, 1.165) is 4.88 Å². The summed E-state index contributed by atoms with van der Waals surface area (Å²) in [7, 11) is 0. The molecule has 1 aromatic carbocycles. The maximum atomic E-state index is 12.2. The van der Waals surface area contributed by atoms with E-state index >= 15 is 0 Å². The minimum atomic E-state index is -0.623. The summed E-state index contributed by atoms with van der Waals surface area (Å²) < 4.78 is 5.62. The molecule has 0 spiro atoms. The van der Waals surface area contributed by atoms with E-state index < -0.39 is 5.91 Å². The van der Waals surface area contributed by atoms with Crippen molar-refractivity contribution in [2.75, 3.05) is 5.32 Å². The average molecular weight is 376 g/mol. The van der Waals surface area contributed by atoms with Crippen LogP contribution in [0.1, 0.15) is 21.8 Å². The summed E-state index contributed by atoms with van der Waals surface area (Å²) in [4.78, 5) is 28.7. The number of thiophene rings is 1. The van der Waals surface area contributed by atoms with Crippen molar-refractivity contribution in [1.82, 2.24) is 4.98 Å². The van der Waals surface area contributed by atoms with Crippen LogP contribution in [-0.4, -0.2) is 16.8 Å². The zero-order valence-electron chi connectivity index (χ0n) is 13.2. The lowest BCUT2D eigenvalue weighted by Crippen LogP contribution is -2.16. The molecule has 0 aliphatic carbocycles. The maximum Gasteiger partial charge on any atom is 0.250 e. The van der Waals surface area contributed by atoms with Gasteiger partial charge in [-0.2, -0.15) is 0 Å². The highest BCUT2D eigenvalue weighted by Crippen LogP contribution is 2.26. The number of oxazole rings is 1. The first-order valence-electron chi connectivity index (χ1n) is 7.33. The zero-order chi connectivity index (χ0) is 18.0. The molecule has 25 heavy (non-hydrogen) atoms. The molecule has 8 heteroatoms. The molecule has 2 aromatic heterocycles. The molecule has 0 saturated carbocycles. The molecular formula is C17H14ClN3O3S. The lowest BCUT2D eigenvalue weighted by Gasteiger charge is -2.06. The summed E-state index contributed by atoms with van der Waals surface area (Å²) in [5.74, 6) is 0.212. The van der Waals surface area contributed by atoms with Crippen LogP contribution in [-0.2, 0) is 11.2 Å². The predicted octanol–water partition coefficient (Wildman–Crippen LogP) is 3.65. The van der Waals surface area contributed by atoms with Gasteiger partial charge in [0.1, 0.15) is 5.76 Å². The third kappa shape index (κ3) is 3.89. The molecule has 2 amide bonds. The molecule has 3 rings (SSSR count). The molecule has 3 aromatic rings. The summed E-state index contributed by atoms with van der Waals surface area (Å²) in [5.41, 5.74) is 6.44. The quantitative estimate of drug-likeness (QED) is 0.711. The highest BCUT2D eigenvalue weighted by atomic mass is 35.5. The Morgan fingerprint density at radius 1 is 1.36 bits per heavy atom. The summed E-state index contributed by atoms with van der Waals surface area (Å²) in [5, 5.41) is 4.83. The Labute approximate surface area is 152 Å². The van der Waals surface area contributed by atoms with E-state index in [-0.39, 0.29) is 22.9 Å². The van der Waals surface area contributed by atoms with Gasteiger partial charge in [0.15, 0.2) is 0 Å². The first-order chi connectivity index (χ1) is 11.9.